The van der Waals surface area contributed by atoms with Gasteiger partial charge in [0.05, 0.1) is 6.54 Å². The van der Waals surface area contributed by atoms with Crippen LogP contribution >= 0.6 is 0 Å². The first-order chi connectivity index (χ1) is 14.2. The molecule has 0 radical (unpaired) electrons. The Balaban J connectivity index is 1.82. The van der Waals surface area contributed by atoms with E-state index in [4.69, 9.17) is 10.9 Å². The molecule has 1 amide bonds. The highest BCUT2D eigenvalue weighted by Crippen LogP contribution is 2.47. The Morgan fingerprint density at radius 1 is 1.43 bits per heavy atom. The molecule has 2 aromatic rings. The van der Waals surface area contributed by atoms with Crippen molar-refractivity contribution in [1.82, 2.24) is 19.9 Å². The molecule has 2 heterocycles. The fourth-order valence-electron chi connectivity index (χ4n) is 3.38. The number of likely N-dealkylation sites (N-methyl/N-ethyl adjacent to an activating group) is 1. The van der Waals surface area contributed by atoms with Gasteiger partial charge in [-0.05, 0) is 25.6 Å². The van der Waals surface area contributed by atoms with Gasteiger partial charge in [-0.3, -0.25) is 9.69 Å². The summed E-state index contributed by atoms with van der Waals surface area (Å²) in [4.78, 5) is 19.2. The molecule has 0 saturated carbocycles. The summed E-state index contributed by atoms with van der Waals surface area (Å²) in [7, 11) is 1.67. The van der Waals surface area contributed by atoms with E-state index in [0.29, 0.717) is 13.0 Å². The summed E-state index contributed by atoms with van der Waals surface area (Å²) in [5.74, 6) is 0.656. The van der Waals surface area contributed by atoms with Gasteiger partial charge in [0.1, 0.15) is 5.82 Å². The Hall–Kier alpha value is -2.93. The van der Waals surface area contributed by atoms with E-state index in [1.54, 1.807) is 11.9 Å². The second-order valence-electron chi connectivity index (χ2n) is 7.27. The minimum atomic E-state index is -4.72. The van der Waals surface area contributed by atoms with Crippen LogP contribution in [0.25, 0.3) is 11.4 Å². The Kier molecular flexibility index (Phi) is 6.12. The number of halogens is 4. The number of amides is 1. The number of nitrogens with zero attached hydrogens (tertiary/aromatic N) is 4. The Bertz CT molecular complexity index is 953. The quantitative estimate of drug-likeness (QED) is 0.527. The molecule has 30 heavy (non-hydrogen) atoms. The Labute approximate surface area is 170 Å². The summed E-state index contributed by atoms with van der Waals surface area (Å²) in [6.07, 6.45) is 0.500. The highest BCUT2D eigenvalue weighted by atomic mass is 19.4. The molecule has 0 N–H and O–H groups in total. The van der Waals surface area contributed by atoms with Gasteiger partial charge in [-0.15, -0.1) is 12.3 Å². The second kappa shape index (κ2) is 8.44. The lowest BCUT2D eigenvalue weighted by molar-refractivity contribution is -0.193. The van der Waals surface area contributed by atoms with Crippen molar-refractivity contribution in [2.45, 2.75) is 24.4 Å². The second-order valence-corrected chi connectivity index (χ2v) is 7.27. The molecule has 1 saturated heterocycles. The maximum atomic E-state index is 14.1. The predicted octanol–water partition coefficient (Wildman–Crippen LogP) is 2.86. The molecule has 1 atom stereocenters. The molecular weight excluding hydrogens is 404 g/mol. The van der Waals surface area contributed by atoms with E-state index in [0.717, 1.165) is 11.0 Å². The number of terminal acetylenes is 1. The molecule has 0 spiro atoms. The predicted molar refractivity (Wildman–Crippen MR) is 99.6 cm³/mol. The fraction of sp³-hybridized carbons (Fsp3) is 0.450. The maximum absolute atomic E-state index is 14.1. The summed E-state index contributed by atoms with van der Waals surface area (Å²) >= 11 is 0. The van der Waals surface area contributed by atoms with Crippen LogP contribution in [0.15, 0.2) is 28.8 Å². The van der Waals surface area contributed by atoms with E-state index in [-0.39, 0.29) is 24.5 Å². The van der Waals surface area contributed by atoms with Crippen LogP contribution in [-0.2, 0) is 10.2 Å². The van der Waals surface area contributed by atoms with Gasteiger partial charge in [-0.1, -0.05) is 17.3 Å². The summed E-state index contributed by atoms with van der Waals surface area (Å²) in [6, 6.07) is 5.16. The van der Waals surface area contributed by atoms with Gasteiger partial charge >= 0.3 is 6.18 Å². The smallest absolute Gasteiger partial charge is 0.340 e. The zero-order valence-corrected chi connectivity index (χ0v) is 16.2. The van der Waals surface area contributed by atoms with Gasteiger partial charge in [-0.25, -0.2) is 4.39 Å². The first-order valence-electron chi connectivity index (χ1n) is 9.23. The average Bonchev–Trinajstić information content (AvgIpc) is 3.34. The van der Waals surface area contributed by atoms with Crippen molar-refractivity contribution in [1.29, 1.82) is 0 Å². The molecule has 1 aromatic carbocycles. The molecule has 1 aliphatic rings. The van der Waals surface area contributed by atoms with Crippen LogP contribution in [0.1, 0.15) is 18.7 Å². The van der Waals surface area contributed by atoms with E-state index >= 15 is 0 Å². The van der Waals surface area contributed by atoms with Gasteiger partial charge in [0, 0.05) is 31.6 Å². The minimum absolute atomic E-state index is 0.0476. The first-order valence-corrected chi connectivity index (χ1v) is 9.23. The van der Waals surface area contributed by atoms with Gasteiger partial charge < -0.3 is 9.42 Å². The van der Waals surface area contributed by atoms with Crippen LogP contribution in [0.5, 0.6) is 0 Å². The van der Waals surface area contributed by atoms with Crippen molar-refractivity contribution >= 4 is 5.91 Å². The third kappa shape index (κ3) is 4.31. The molecule has 3 rings (SSSR count). The summed E-state index contributed by atoms with van der Waals surface area (Å²) < 4.78 is 60.6. The lowest BCUT2D eigenvalue weighted by atomic mass is 9.86. The third-order valence-corrected chi connectivity index (χ3v) is 5.13. The molecule has 1 fully saturated rings. The van der Waals surface area contributed by atoms with Gasteiger partial charge in [0.2, 0.25) is 17.6 Å². The summed E-state index contributed by atoms with van der Waals surface area (Å²) in [6.45, 7) is -0.308. The lowest BCUT2D eigenvalue weighted by Gasteiger charge is -2.28. The minimum Gasteiger partial charge on any atom is -0.340 e. The topological polar surface area (TPSA) is 62.5 Å². The molecule has 160 valence electrons. The van der Waals surface area contributed by atoms with Gasteiger partial charge in [0.25, 0.3) is 0 Å². The van der Waals surface area contributed by atoms with Crippen LogP contribution < -0.4 is 0 Å². The maximum Gasteiger partial charge on any atom is 0.405 e. The van der Waals surface area contributed by atoms with E-state index in [1.165, 1.54) is 18.2 Å². The number of benzene rings is 1. The number of hydrogen-bond acceptors (Lipinski definition) is 5. The summed E-state index contributed by atoms with van der Waals surface area (Å²) in [5.41, 5.74) is -2.28. The average molecular weight is 424 g/mol. The number of rotatable bonds is 6. The standard InChI is InChI=1S/C20H20F4N4O2/c1-3-4-9-27(2)12-16(29)28-10-8-19(13-28,20(22,23)24)18-25-17(26-30-18)14-6-5-7-15(21)11-14/h1,5-7,11H,4,8-10,12-13H2,2H3. The zero-order valence-electron chi connectivity index (χ0n) is 16.2. The lowest BCUT2D eigenvalue weighted by Crippen LogP contribution is -2.47. The van der Waals surface area contributed by atoms with Crippen molar-refractivity contribution in [3.8, 4) is 23.7 Å². The number of carbonyl (C=O) groups is 1. The monoisotopic (exact) mass is 424 g/mol. The van der Waals surface area contributed by atoms with E-state index in [2.05, 4.69) is 16.1 Å². The van der Waals surface area contributed by atoms with Gasteiger partial charge in [-0.2, -0.15) is 18.2 Å². The van der Waals surface area contributed by atoms with Crippen LogP contribution in [0.3, 0.4) is 0 Å². The highest BCUT2D eigenvalue weighted by Gasteiger charge is 2.63. The fourth-order valence-corrected chi connectivity index (χ4v) is 3.38. The number of alkyl halides is 3. The number of hydrogen-bond donors (Lipinski definition) is 0. The highest BCUT2D eigenvalue weighted by molar-refractivity contribution is 5.78. The van der Waals surface area contributed by atoms with Crippen molar-refractivity contribution in [2.75, 3.05) is 33.2 Å². The SMILES string of the molecule is C#CCCN(C)CC(=O)N1CCC(c2nc(-c3cccc(F)c3)no2)(C(F)(F)F)C1. The largest absolute Gasteiger partial charge is 0.405 e. The Morgan fingerprint density at radius 2 is 2.20 bits per heavy atom. The van der Waals surface area contributed by atoms with E-state index < -0.39 is 42.2 Å². The van der Waals surface area contributed by atoms with Gasteiger partial charge in [0.15, 0.2) is 5.41 Å². The molecule has 0 aliphatic carbocycles. The summed E-state index contributed by atoms with van der Waals surface area (Å²) in [5, 5.41) is 3.60. The third-order valence-electron chi connectivity index (χ3n) is 5.13. The number of carbonyl (C=O) groups excluding carboxylic acids is 1. The van der Waals surface area contributed by atoms with Crippen LogP contribution in [0.4, 0.5) is 17.6 Å². The molecule has 1 aromatic heterocycles. The van der Waals surface area contributed by atoms with Crippen molar-refractivity contribution < 1.29 is 26.9 Å². The van der Waals surface area contributed by atoms with Crippen LogP contribution in [-0.4, -0.2) is 65.3 Å². The Morgan fingerprint density at radius 3 is 2.87 bits per heavy atom. The van der Waals surface area contributed by atoms with Crippen LogP contribution in [0.2, 0.25) is 0 Å². The molecule has 1 unspecified atom stereocenters. The van der Waals surface area contributed by atoms with Crippen molar-refractivity contribution in [3.05, 3.63) is 36.0 Å². The molecule has 6 nitrogen and oxygen atoms in total. The van der Waals surface area contributed by atoms with Crippen LogP contribution in [0, 0.1) is 18.2 Å². The number of likely N-dealkylation sites (tertiary alicyclic amines) is 1. The molecule has 1 aliphatic heterocycles. The molecule has 10 heteroatoms. The number of aromatic nitrogens is 2. The zero-order chi connectivity index (χ0) is 21.9. The van der Waals surface area contributed by atoms with E-state index in [9.17, 15) is 22.4 Å². The van der Waals surface area contributed by atoms with Crippen molar-refractivity contribution in [3.63, 3.8) is 0 Å². The van der Waals surface area contributed by atoms with E-state index in [1.807, 2.05) is 0 Å². The first kappa shape index (κ1) is 21.8. The van der Waals surface area contributed by atoms with Crippen molar-refractivity contribution in [2.24, 2.45) is 0 Å². The molecule has 0 bridgehead atoms. The normalized spacial score (nSPS) is 19.3. The molecular formula is C20H20F4N4O2.